The molecule has 1 radical (unpaired) electrons. The smallest absolute Gasteiger partial charge is 0.759 e. The average molecular weight is 521 g/mol. The third-order valence-electron chi connectivity index (χ3n) is 0. The average Bonchev–Trinajstić information content (AvgIpc) is 1.41. The van der Waals surface area contributed by atoms with Gasteiger partial charge in [0.25, 0.3) is 0 Å². The summed E-state index contributed by atoms with van der Waals surface area (Å²) < 4.78 is 102. The summed E-state index contributed by atoms with van der Waals surface area (Å²) in [7, 11) is -15.5. The summed E-state index contributed by atoms with van der Waals surface area (Å²) in [6.07, 6.45) is 0. The minimum atomic E-state index is -5.17. The maximum Gasteiger partial charge on any atom is 2.00 e. The summed E-state index contributed by atoms with van der Waals surface area (Å²) in [5, 5.41) is 0. The fraction of sp³-hybridized carbons (Fsp3) is 0. The molecule has 18 heteroatoms. The van der Waals surface area contributed by atoms with Gasteiger partial charge in [0, 0.05) is 31.2 Å². The molecule has 0 aliphatic rings. The summed E-state index contributed by atoms with van der Waals surface area (Å²) in [4.78, 5) is 0. The van der Waals surface area contributed by atoms with Gasteiger partial charge in [0.1, 0.15) is 0 Å². The number of hydrogen-bond donors (Lipinski definition) is 0. The Bertz CT molecular complexity index is 348. The zero-order valence-electron chi connectivity index (χ0n) is 7.92. The van der Waals surface area contributed by atoms with Crippen molar-refractivity contribution < 1.29 is 69.6 Å². The standard InChI is InChI=1S/Ba.Ca.Mn.3H2O4S/c;;;3*1-5(2,3)4/h;;;3*(H2,1,2,3,4)/q3*+2;;;/p-6. The van der Waals surface area contributed by atoms with Crippen molar-refractivity contribution in [3.8, 4) is 0 Å². The van der Waals surface area contributed by atoms with Gasteiger partial charge in [-0.05, 0) is 0 Å². The van der Waals surface area contributed by atoms with Gasteiger partial charge in [0.15, 0.2) is 0 Å². The van der Waals surface area contributed by atoms with Gasteiger partial charge in [0.2, 0.25) is 0 Å². The molecule has 0 unspecified atom stereocenters. The molecule has 0 bridgehead atoms. The van der Waals surface area contributed by atoms with Crippen LogP contribution >= 0.6 is 0 Å². The van der Waals surface area contributed by atoms with Crippen molar-refractivity contribution in [3.05, 3.63) is 0 Å². The molecule has 0 saturated heterocycles. The second kappa shape index (κ2) is 16.3. The zero-order chi connectivity index (χ0) is 13.5. The van der Waals surface area contributed by atoms with E-state index in [1.54, 1.807) is 0 Å². The Hall–Kier alpha value is 2.96. The second-order valence-corrected chi connectivity index (χ2v) is 3.67. The fourth-order valence-electron chi connectivity index (χ4n) is 0. The Morgan fingerprint density at radius 1 is 0.500 bits per heavy atom. The van der Waals surface area contributed by atoms with Crippen molar-refractivity contribution in [2.75, 3.05) is 0 Å². The Morgan fingerprint density at radius 3 is 0.500 bits per heavy atom. The molecule has 0 fully saturated rings. The Kier molecular flexibility index (Phi) is 33.9. The Labute approximate surface area is 184 Å². The van der Waals surface area contributed by atoms with Gasteiger partial charge in [-0.1, -0.05) is 0 Å². The third kappa shape index (κ3) is 698. The molecule has 0 aliphatic carbocycles. The molecule has 0 N–H and O–H groups in total. The van der Waals surface area contributed by atoms with E-state index in [1.165, 1.54) is 0 Å². The van der Waals surface area contributed by atoms with Crippen LogP contribution in [0.4, 0.5) is 0 Å². The molecule has 0 rings (SSSR count). The van der Waals surface area contributed by atoms with Gasteiger partial charge in [0.05, 0.1) is 0 Å². The van der Waals surface area contributed by atoms with Crippen molar-refractivity contribution in [1.82, 2.24) is 0 Å². The van der Waals surface area contributed by atoms with Crippen LogP contribution in [-0.2, 0) is 48.3 Å². The van der Waals surface area contributed by atoms with E-state index in [9.17, 15) is 0 Å². The molecule has 0 aliphatic heterocycles. The summed E-state index contributed by atoms with van der Waals surface area (Å²) in [5.74, 6) is 0. The first-order valence-electron chi connectivity index (χ1n) is 2.00. The van der Waals surface area contributed by atoms with Crippen molar-refractivity contribution in [1.29, 1.82) is 0 Å². The normalized spacial score (nSPS) is 9.67. The molecule has 18 heavy (non-hydrogen) atoms. The van der Waals surface area contributed by atoms with Crippen molar-refractivity contribution in [2.45, 2.75) is 0 Å². The summed E-state index contributed by atoms with van der Waals surface area (Å²) in [6, 6.07) is 0. The van der Waals surface area contributed by atoms with Gasteiger partial charge in [-0.2, -0.15) is 0 Å². The van der Waals surface area contributed by atoms with E-state index in [2.05, 4.69) is 0 Å². The van der Waals surface area contributed by atoms with Crippen molar-refractivity contribution in [3.63, 3.8) is 0 Å². The van der Waals surface area contributed by atoms with Gasteiger partial charge in [-0.3, -0.25) is 25.3 Å². The largest absolute Gasteiger partial charge is 2.00 e. The molecule has 0 amide bonds. The topological polar surface area (TPSA) is 241 Å². The first kappa shape index (κ1) is 37.3. The summed E-state index contributed by atoms with van der Waals surface area (Å²) in [6.45, 7) is 0. The van der Waals surface area contributed by atoms with Crippen LogP contribution in [0.2, 0.25) is 0 Å². The van der Waals surface area contributed by atoms with E-state index in [-0.39, 0.29) is 104 Å². The Morgan fingerprint density at radius 2 is 0.500 bits per heavy atom. The molecule has 0 atom stereocenters. The monoisotopic (exact) mass is 521 g/mol. The molecular weight excluding hydrogens is 521 g/mol. The van der Waals surface area contributed by atoms with E-state index in [0.29, 0.717) is 0 Å². The van der Waals surface area contributed by atoms with Crippen molar-refractivity contribution >= 4 is 118 Å². The molecule has 0 saturated carbocycles. The maximum atomic E-state index is 8.52. The summed E-state index contributed by atoms with van der Waals surface area (Å²) in [5.41, 5.74) is 0. The molecule has 0 heterocycles. The van der Waals surface area contributed by atoms with Crippen LogP contribution in [0.5, 0.6) is 0 Å². The molecular formula is BaCaMnO12S3. The first-order chi connectivity index (χ1) is 6.00. The van der Waals surface area contributed by atoms with Crippen LogP contribution in [0.25, 0.3) is 0 Å². The molecule has 12 nitrogen and oxygen atoms in total. The quantitative estimate of drug-likeness (QED) is 0.166. The summed E-state index contributed by atoms with van der Waals surface area (Å²) >= 11 is 0. The number of rotatable bonds is 0. The van der Waals surface area contributed by atoms with Gasteiger partial charge >= 0.3 is 104 Å². The number of hydrogen-bond acceptors (Lipinski definition) is 12. The SMILES string of the molecule is O=S(=O)([O-])[O-].O=S(=O)([O-])[O-].O=S(=O)([O-])[O-].[Ba+2].[Ca+2].[Mn+2]. The molecule has 0 spiro atoms. The van der Waals surface area contributed by atoms with Crippen LogP contribution in [0, 0.1) is 0 Å². The zero-order valence-corrected chi connectivity index (χ0v) is 18.2. The van der Waals surface area contributed by atoms with Crippen LogP contribution in [0.3, 0.4) is 0 Å². The van der Waals surface area contributed by atoms with Crippen LogP contribution in [0.1, 0.15) is 0 Å². The maximum absolute atomic E-state index is 8.52. The predicted molar refractivity (Wildman–Crippen MR) is 42.9 cm³/mol. The van der Waals surface area contributed by atoms with E-state index in [1.807, 2.05) is 0 Å². The molecule has 0 aromatic heterocycles. The Balaban J connectivity index is -0.0000000277. The predicted octanol–water partition coefficient (Wildman–Crippen LogP) is -4.78. The van der Waals surface area contributed by atoms with Gasteiger partial charge in [-0.15, -0.1) is 0 Å². The van der Waals surface area contributed by atoms with Crippen LogP contribution < -0.4 is 0 Å². The van der Waals surface area contributed by atoms with E-state index in [0.717, 1.165) is 0 Å². The minimum Gasteiger partial charge on any atom is -0.759 e. The van der Waals surface area contributed by atoms with Gasteiger partial charge in [-0.25, -0.2) is 0 Å². The second-order valence-electron chi connectivity index (χ2n) is 1.22. The fourth-order valence-corrected chi connectivity index (χ4v) is 0. The van der Waals surface area contributed by atoms with E-state index in [4.69, 9.17) is 52.6 Å². The van der Waals surface area contributed by atoms with E-state index < -0.39 is 31.2 Å². The van der Waals surface area contributed by atoms with E-state index >= 15 is 0 Å². The first-order valence-corrected chi connectivity index (χ1v) is 6.00. The van der Waals surface area contributed by atoms with Crippen LogP contribution in [-0.4, -0.2) is 139 Å². The van der Waals surface area contributed by atoms with Crippen molar-refractivity contribution in [2.24, 2.45) is 0 Å². The minimum absolute atomic E-state index is 0. The molecule has 0 aromatic rings. The van der Waals surface area contributed by atoms with Crippen LogP contribution in [0.15, 0.2) is 0 Å². The molecule has 101 valence electrons. The molecule has 0 aromatic carbocycles. The van der Waals surface area contributed by atoms with Gasteiger partial charge < -0.3 is 27.3 Å². The third-order valence-corrected chi connectivity index (χ3v) is 0.